The molecule has 3 heteroatoms. The third kappa shape index (κ3) is 4.64. The van der Waals surface area contributed by atoms with Gasteiger partial charge in [-0.2, -0.15) is 0 Å². The standard InChI is InChI=1S/C17H26N2O/c1-19(2)13-15-10-8-14(9-11-15)12-18-17(20)16-6-4-3-5-7-16/h8-11,16H,3-7,12-13H2,1-2H3,(H,18,20)/p+1. The summed E-state index contributed by atoms with van der Waals surface area (Å²) >= 11 is 0. The number of carbonyl (C=O) groups excluding carboxylic acids is 1. The van der Waals surface area contributed by atoms with Crippen LogP contribution in [0.3, 0.4) is 0 Å². The van der Waals surface area contributed by atoms with Gasteiger partial charge in [0, 0.05) is 18.0 Å². The first-order valence-corrected chi connectivity index (χ1v) is 7.79. The van der Waals surface area contributed by atoms with Crippen molar-refractivity contribution >= 4 is 5.91 Å². The predicted molar refractivity (Wildman–Crippen MR) is 81.4 cm³/mol. The van der Waals surface area contributed by atoms with Crippen LogP contribution in [0, 0.1) is 5.92 Å². The molecular formula is C17H27N2O+. The van der Waals surface area contributed by atoms with Gasteiger partial charge in [-0.25, -0.2) is 0 Å². The minimum Gasteiger partial charge on any atom is -0.352 e. The molecule has 0 bridgehead atoms. The zero-order chi connectivity index (χ0) is 14.4. The molecule has 1 aliphatic carbocycles. The predicted octanol–water partition coefficient (Wildman–Crippen LogP) is 1.53. The molecule has 2 rings (SSSR count). The summed E-state index contributed by atoms with van der Waals surface area (Å²) in [5, 5.41) is 3.08. The van der Waals surface area contributed by atoms with Crippen molar-refractivity contribution in [3.63, 3.8) is 0 Å². The van der Waals surface area contributed by atoms with Crippen LogP contribution in [0.2, 0.25) is 0 Å². The zero-order valence-corrected chi connectivity index (χ0v) is 12.7. The van der Waals surface area contributed by atoms with Crippen molar-refractivity contribution in [2.45, 2.75) is 45.2 Å². The molecule has 1 amide bonds. The highest BCUT2D eigenvalue weighted by molar-refractivity contribution is 5.78. The van der Waals surface area contributed by atoms with E-state index < -0.39 is 0 Å². The van der Waals surface area contributed by atoms with Crippen LogP contribution in [-0.4, -0.2) is 20.0 Å². The van der Waals surface area contributed by atoms with Gasteiger partial charge in [-0.1, -0.05) is 43.5 Å². The van der Waals surface area contributed by atoms with E-state index in [2.05, 4.69) is 43.7 Å². The topological polar surface area (TPSA) is 33.5 Å². The van der Waals surface area contributed by atoms with Crippen LogP contribution in [-0.2, 0) is 17.9 Å². The fourth-order valence-corrected chi connectivity index (χ4v) is 2.88. The summed E-state index contributed by atoms with van der Waals surface area (Å²) in [5.41, 5.74) is 2.53. The first-order valence-electron chi connectivity index (χ1n) is 7.79. The Morgan fingerprint density at radius 1 is 1.10 bits per heavy atom. The molecule has 0 atom stereocenters. The summed E-state index contributed by atoms with van der Waals surface area (Å²) in [5.74, 6) is 0.492. The number of hydrogen-bond acceptors (Lipinski definition) is 1. The van der Waals surface area contributed by atoms with Gasteiger partial charge in [0.25, 0.3) is 0 Å². The van der Waals surface area contributed by atoms with Crippen molar-refractivity contribution in [2.24, 2.45) is 5.92 Å². The van der Waals surface area contributed by atoms with Gasteiger partial charge in [0.1, 0.15) is 6.54 Å². The van der Waals surface area contributed by atoms with Crippen molar-refractivity contribution in [2.75, 3.05) is 14.1 Å². The Labute approximate surface area is 122 Å². The third-order valence-corrected chi connectivity index (χ3v) is 4.02. The Morgan fingerprint density at radius 2 is 1.70 bits per heavy atom. The van der Waals surface area contributed by atoms with E-state index in [4.69, 9.17) is 0 Å². The van der Waals surface area contributed by atoms with Gasteiger partial charge in [-0.15, -0.1) is 0 Å². The number of nitrogens with one attached hydrogen (secondary N) is 2. The van der Waals surface area contributed by atoms with Gasteiger partial charge in [-0.3, -0.25) is 4.79 Å². The lowest BCUT2D eigenvalue weighted by Crippen LogP contribution is -3.04. The van der Waals surface area contributed by atoms with E-state index in [0.717, 1.165) is 19.4 Å². The lowest BCUT2D eigenvalue weighted by molar-refractivity contribution is -0.872. The molecule has 20 heavy (non-hydrogen) atoms. The maximum absolute atomic E-state index is 12.1. The number of quaternary nitrogens is 1. The molecule has 0 aromatic heterocycles. The summed E-state index contributed by atoms with van der Waals surface area (Å²) in [6, 6.07) is 8.57. The van der Waals surface area contributed by atoms with E-state index >= 15 is 0 Å². The Hall–Kier alpha value is -1.35. The van der Waals surface area contributed by atoms with Crippen LogP contribution in [0.25, 0.3) is 0 Å². The van der Waals surface area contributed by atoms with Gasteiger partial charge in [-0.05, 0) is 18.4 Å². The van der Waals surface area contributed by atoms with Crippen LogP contribution in [0.15, 0.2) is 24.3 Å². The van der Waals surface area contributed by atoms with Crippen LogP contribution in [0.1, 0.15) is 43.2 Å². The average molecular weight is 275 g/mol. The maximum Gasteiger partial charge on any atom is 0.223 e. The maximum atomic E-state index is 12.1. The van der Waals surface area contributed by atoms with E-state index in [1.165, 1.54) is 35.3 Å². The lowest BCUT2D eigenvalue weighted by atomic mass is 9.88. The zero-order valence-electron chi connectivity index (χ0n) is 12.7. The number of benzene rings is 1. The van der Waals surface area contributed by atoms with Crippen LogP contribution >= 0.6 is 0 Å². The Kier molecular flexibility index (Phi) is 5.60. The number of rotatable bonds is 5. The molecule has 1 fully saturated rings. The fraction of sp³-hybridized carbons (Fsp3) is 0.588. The smallest absolute Gasteiger partial charge is 0.223 e. The third-order valence-electron chi connectivity index (χ3n) is 4.02. The largest absolute Gasteiger partial charge is 0.352 e. The average Bonchev–Trinajstić information content (AvgIpc) is 2.46. The first kappa shape index (κ1) is 15.0. The normalized spacial score (nSPS) is 16.4. The van der Waals surface area contributed by atoms with Crippen molar-refractivity contribution in [1.29, 1.82) is 0 Å². The molecule has 1 saturated carbocycles. The molecule has 1 aromatic rings. The van der Waals surface area contributed by atoms with E-state index in [0.29, 0.717) is 6.54 Å². The molecule has 0 aliphatic heterocycles. The summed E-state index contributed by atoms with van der Waals surface area (Å²) in [6.45, 7) is 1.69. The van der Waals surface area contributed by atoms with Crippen molar-refractivity contribution in [1.82, 2.24) is 5.32 Å². The number of hydrogen-bond donors (Lipinski definition) is 2. The molecular weight excluding hydrogens is 248 g/mol. The summed E-state index contributed by atoms with van der Waals surface area (Å²) < 4.78 is 0. The van der Waals surface area contributed by atoms with Crippen LogP contribution in [0.5, 0.6) is 0 Å². The molecule has 1 aliphatic rings. The molecule has 0 spiro atoms. The van der Waals surface area contributed by atoms with E-state index in [1.54, 1.807) is 0 Å². The molecule has 1 aromatic carbocycles. The summed E-state index contributed by atoms with van der Waals surface area (Å²) in [6.07, 6.45) is 5.84. The van der Waals surface area contributed by atoms with E-state index in [1.807, 2.05) is 0 Å². The van der Waals surface area contributed by atoms with Crippen molar-refractivity contribution in [3.05, 3.63) is 35.4 Å². The highest BCUT2D eigenvalue weighted by atomic mass is 16.1. The number of carbonyl (C=O) groups is 1. The molecule has 110 valence electrons. The molecule has 0 radical (unpaired) electrons. The second-order valence-corrected chi connectivity index (χ2v) is 6.25. The minimum absolute atomic E-state index is 0.242. The molecule has 0 unspecified atom stereocenters. The van der Waals surface area contributed by atoms with Crippen LogP contribution in [0.4, 0.5) is 0 Å². The molecule has 2 N–H and O–H groups in total. The Morgan fingerprint density at radius 3 is 2.30 bits per heavy atom. The first-order chi connectivity index (χ1) is 9.65. The number of amides is 1. The van der Waals surface area contributed by atoms with Gasteiger partial charge in [0.15, 0.2) is 0 Å². The SMILES string of the molecule is C[NH+](C)Cc1ccc(CNC(=O)C2CCCCC2)cc1. The Balaban J connectivity index is 1.79. The fourth-order valence-electron chi connectivity index (χ4n) is 2.88. The Bertz CT molecular complexity index is 419. The molecule has 0 heterocycles. The van der Waals surface area contributed by atoms with E-state index in [9.17, 15) is 4.79 Å². The summed E-state index contributed by atoms with van der Waals surface area (Å²) in [4.78, 5) is 13.5. The summed E-state index contributed by atoms with van der Waals surface area (Å²) in [7, 11) is 4.30. The lowest BCUT2D eigenvalue weighted by Gasteiger charge is -2.20. The highest BCUT2D eigenvalue weighted by Crippen LogP contribution is 2.23. The second-order valence-electron chi connectivity index (χ2n) is 6.25. The van der Waals surface area contributed by atoms with Crippen molar-refractivity contribution in [3.8, 4) is 0 Å². The van der Waals surface area contributed by atoms with E-state index in [-0.39, 0.29) is 11.8 Å². The monoisotopic (exact) mass is 275 g/mol. The van der Waals surface area contributed by atoms with Gasteiger partial charge >= 0.3 is 0 Å². The van der Waals surface area contributed by atoms with Gasteiger partial charge in [0.05, 0.1) is 14.1 Å². The molecule has 0 saturated heterocycles. The second kappa shape index (κ2) is 7.44. The van der Waals surface area contributed by atoms with Gasteiger partial charge < -0.3 is 10.2 Å². The highest BCUT2D eigenvalue weighted by Gasteiger charge is 2.20. The quantitative estimate of drug-likeness (QED) is 0.839. The van der Waals surface area contributed by atoms with Crippen LogP contribution < -0.4 is 10.2 Å². The molecule has 3 nitrogen and oxygen atoms in total. The minimum atomic E-state index is 0.242. The van der Waals surface area contributed by atoms with Crippen molar-refractivity contribution < 1.29 is 9.69 Å². The van der Waals surface area contributed by atoms with Gasteiger partial charge in [0.2, 0.25) is 5.91 Å².